The van der Waals surface area contributed by atoms with Crippen LogP contribution < -0.4 is 5.73 Å². The first-order chi connectivity index (χ1) is 8.66. The SMILES string of the molecule is NC(=S)CN1CCN(C(=O)C2CCCCC2)CC1. The minimum atomic E-state index is 0.292. The molecule has 0 spiro atoms. The van der Waals surface area contributed by atoms with Gasteiger partial charge >= 0.3 is 0 Å². The molecule has 5 heteroatoms. The van der Waals surface area contributed by atoms with E-state index in [0.29, 0.717) is 23.4 Å². The molecule has 0 aromatic rings. The first-order valence-corrected chi connectivity index (χ1v) is 7.37. The van der Waals surface area contributed by atoms with E-state index in [-0.39, 0.29) is 0 Å². The maximum Gasteiger partial charge on any atom is 0.225 e. The van der Waals surface area contributed by atoms with Crippen LogP contribution in [0.2, 0.25) is 0 Å². The van der Waals surface area contributed by atoms with Crippen molar-refractivity contribution in [2.75, 3.05) is 32.7 Å². The predicted molar refractivity (Wildman–Crippen MR) is 76.4 cm³/mol. The summed E-state index contributed by atoms with van der Waals surface area (Å²) in [6, 6.07) is 0. The van der Waals surface area contributed by atoms with Crippen LogP contribution in [0.15, 0.2) is 0 Å². The van der Waals surface area contributed by atoms with Gasteiger partial charge in [0.2, 0.25) is 5.91 Å². The zero-order valence-electron chi connectivity index (χ0n) is 10.9. The number of piperazine rings is 1. The summed E-state index contributed by atoms with van der Waals surface area (Å²) in [7, 11) is 0. The number of thiocarbonyl (C=S) groups is 1. The molecule has 102 valence electrons. The van der Waals surface area contributed by atoms with Crippen LogP contribution >= 0.6 is 12.2 Å². The summed E-state index contributed by atoms with van der Waals surface area (Å²) in [6.45, 7) is 4.14. The van der Waals surface area contributed by atoms with E-state index in [2.05, 4.69) is 4.90 Å². The van der Waals surface area contributed by atoms with Crippen LogP contribution in [-0.2, 0) is 4.79 Å². The summed E-state index contributed by atoms with van der Waals surface area (Å²) in [5.74, 6) is 0.672. The molecule has 2 fully saturated rings. The number of carbonyl (C=O) groups is 1. The summed E-state index contributed by atoms with van der Waals surface area (Å²) < 4.78 is 0. The lowest BCUT2D eigenvalue weighted by molar-refractivity contribution is -0.138. The molecule has 1 saturated carbocycles. The fourth-order valence-electron chi connectivity index (χ4n) is 2.95. The number of rotatable bonds is 3. The second kappa shape index (κ2) is 6.48. The Balaban J connectivity index is 1.78. The Kier molecular flexibility index (Phi) is 4.95. The number of hydrogen-bond donors (Lipinski definition) is 1. The second-order valence-corrected chi connectivity index (χ2v) is 5.93. The van der Waals surface area contributed by atoms with Crippen LogP contribution in [-0.4, -0.2) is 53.4 Å². The minimum absolute atomic E-state index is 0.292. The molecule has 2 N–H and O–H groups in total. The Hall–Kier alpha value is -0.680. The zero-order chi connectivity index (χ0) is 13.0. The first kappa shape index (κ1) is 13.7. The van der Waals surface area contributed by atoms with Gasteiger partial charge in [0.15, 0.2) is 0 Å². The largest absolute Gasteiger partial charge is 0.392 e. The second-order valence-electron chi connectivity index (χ2n) is 5.40. The fraction of sp³-hybridized carbons (Fsp3) is 0.846. The van der Waals surface area contributed by atoms with Gasteiger partial charge in [-0.2, -0.15) is 0 Å². The number of nitrogens with two attached hydrogens (primary N) is 1. The van der Waals surface area contributed by atoms with E-state index < -0.39 is 0 Å². The third-order valence-electron chi connectivity index (χ3n) is 4.02. The van der Waals surface area contributed by atoms with Crippen molar-refractivity contribution >= 4 is 23.1 Å². The summed E-state index contributed by atoms with van der Waals surface area (Å²) in [5, 5.41) is 0. The Bertz CT molecular complexity index is 307. The molecule has 0 radical (unpaired) electrons. The van der Waals surface area contributed by atoms with E-state index >= 15 is 0 Å². The van der Waals surface area contributed by atoms with Crippen molar-refractivity contribution in [2.24, 2.45) is 11.7 Å². The van der Waals surface area contributed by atoms with Gasteiger partial charge in [0.05, 0.1) is 4.99 Å². The lowest BCUT2D eigenvalue weighted by atomic mass is 9.88. The molecule has 2 aliphatic rings. The van der Waals surface area contributed by atoms with Crippen molar-refractivity contribution in [2.45, 2.75) is 32.1 Å². The van der Waals surface area contributed by atoms with E-state index in [1.54, 1.807) is 0 Å². The van der Waals surface area contributed by atoms with E-state index in [4.69, 9.17) is 18.0 Å². The molecule has 1 aliphatic heterocycles. The van der Waals surface area contributed by atoms with Crippen molar-refractivity contribution in [3.63, 3.8) is 0 Å². The monoisotopic (exact) mass is 269 g/mol. The van der Waals surface area contributed by atoms with Crippen LogP contribution in [0, 0.1) is 5.92 Å². The Morgan fingerprint density at radius 2 is 1.72 bits per heavy atom. The zero-order valence-corrected chi connectivity index (χ0v) is 11.8. The number of amides is 1. The molecule has 1 amide bonds. The molecule has 1 aliphatic carbocycles. The van der Waals surface area contributed by atoms with E-state index in [1.807, 2.05) is 4.90 Å². The normalized spacial score (nSPS) is 23.0. The summed E-state index contributed by atoms with van der Waals surface area (Å²) >= 11 is 4.92. The first-order valence-electron chi connectivity index (χ1n) is 6.96. The smallest absolute Gasteiger partial charge is 0.225 e. The standard InChI is InChI=1S/C13H23N3OS/c14-12(18)10-15-6-8-16(9-7-15)13(17)11-4-2-1-3-5-11/h11H,1-10H2,(H2,14,18). The number of carbonyl (C=O) groups excluding carboxylic acids is 1. The molecule has 0 atom stereocenters. The van der Waals surface area contributed by atoms with Gasteiger partial charge in [-0.1, -0.05) is 31.5 Å². The van der Waals surface area contributed by atoms with Crippen molar-refractivity contribution in [3.05, 3.63) is 0 Å². The lowest BCUT2D eigenvalue weighted by Gasteiger charge is -2.36. The van der Waals surface area contributed by atoms with Gasteiger partial charge in [0.1, 0.15) is 0 Å². The highest BCUT2D eigenvalue weighted by atomic mass is 32.1. The molecular weight excluding hydrogens is 246 g/mol. The summed E-state index contributed by atoms with van der Waals surface area (Å²) in [5.41, 5.74) is 5.54. The third kappa shape index (κ3) is 3.65. The van der Waals surface area contributed by atoms with Gasteiger partial charge in [0.25, 0.3) is 0 Å². The predicted octanol–water partition coefficient (Wildman–Crippen LogP) is 0.997. The molecule has 4 nitrogen and oxygen atoms in total. The van der Waals surface area contributed by atoms with Crippen LogP contribution in [0.25, 0.3) is 0 Å². The Morgan fingerprint density at radius 3 is 2.28 bits per heavy atom. The molecule has 0 aromatic carbocycles. The summed E-state index contributed by atoms with van der Waals surface area (Å²) in [6.07, 6.45) is 5.92. The Morgan fingerprint density at radius 1 is 1.11 bits per heavy atom. The van der Waals surface area contributed by atoms with Gasteiger partial charge in [0, 0.05) is 38.6 Å². The maximum atomic E-state index is 12.3. The number of nitrogens with zero attached hydrogens (tertiary/aromatic N) is 2. The van der Waals surface area contributed by atoms with Crippen LogP contribution in [0.3, 0.4) is 0 Å². The average molecular weight is 269 g/mol. The molecule has 1 saturated heterocycles. The maximum absolute atomic E-state index is 12.3. The van der Waals surface area contributed by atoms with Gasteiger partial charge in [-0.15, -0.1) is 0 Å². The molecule has 0 unspecified atom stereocenters. The quantitative estimate of drug-likeness (QED) is 0.777. The third-order valence-corrected chi connectivity index (χ3v) is 4.15. The summed E-state index contributed by atoms with van der Waals surface area (Å²) in [4.78, 5) is 17.1. The van der Waals surface area contributed by atoms with Gasteiger partial charge < -0.3 is 10.6 Å². The van der Waals surface area contributed by atoms with Crippen molar-refractivity contribution in [1.29, 1.82) is 0 Å². The van der Waals surface area contributed by atoms with Crippen molar-refractivity contribution < 1.29 is 4.79 Å². The van der Waals surface area contributed by atoms with Crippen LogP contribution in [0.4, 0.5) is 0 Å². The molecule has 1 heterocycles. The van der Waals surface area contributed by atoms with Crippen LogP contribution in [0.5, 0.6) is 0 Å². The average Bonchev–Trinajstić information content (AvgIpc) is 2.39. The molecular formula is C13H23N3OS. The molecule has 2 rings (SSSR count). The Labute approximate surface area is 114 Å². The van der Waals surface area contributed by atoms with Gasteiger partial charge in [-0.3, -0.25) is 9.69 Å². The highest BCUT2D eigenvalue weighted by molar-refractivity contribution is 7.80. The highest BCUT2D eigenvalue weighted by Crippen LogP contribution is 2.25. The van der Waals surface area contributed by atoms with Crippen molar-refractivity contribution in [3.8, 4) is 0 Å². The van der Waals surface area contributed by atoms with Gasteiger partial charge in [-0.05, 0) is 12.8 Å². The number of hydrogen-bond acceptors (Lipinski definition) is 3. The highest BCUT2D eigenvalue weighted by Gasteiger charge is 2.28. The van der Waals surface area contributed by atoms with E-state index in [9.17, 15) is 4.79 Å². The van der Waals surface area contributed by atoms with Crippen molar-refractivity contribution in [1.82, 2.24) is 9.80 Å². The van der Waals surface area contributed by atoms with Gasteiger partial charge in [-0.25, -0.2) is 0 Å². The molecule has 0 aromatic heterocycles. The molecule has 0 bridgehead atoms. The van der Waals surface area contributed by atoms with E-state index in [1.165, 1.54) is 19.3 Å². The fourth-order valence-corrected chi connectivity index (χ4v) is 3.14. The topological polar surface area (TPSA) is 49.6 Å². The lowest BCUT2D eigenvalue weighted by Crippen LogP contribution is -2.51. The van der Waals surface area contributed by atoms with Crippen LogP contribution in [0.1, 0.15) is 32.1 Å². The molecule has 18 heavy (non-hydrogen) atoms. The van der Waals surface area contributed by atoms with E-state index in [0.717, 1.165) is 39.0 Å². The minimum Gasteiger partial charge on any atom is -0.392 e.